The predicted octanol–water partition coefficient (Wildman–Crippen LogP) is 4.73. The summed E-state index contributed by atoms with van der Waals surface area (Å²) in [6.07, 6.45) is 13.2. The van der Waals surface area contributed by atoms with Gasteiger partial charge in [-0.3, -0.25) is 0 Å². The van der Waals surface area contributed by atoms with E-state index < -0.39 is 0 Å². The molecule has 2 atom stereocenters. The van der Waals surface area contributed by atoms with Gasteiger partial charge in [-0.25, -0.2) is 4.98 Å². The highest BCUT2D eigenvalue weighted by atomic mass is 15.3. The number of nitrogens with zero attached hydrogens (tertiary/aromatic N) is 4. The van der Waals surface area contributed by atoms with Crippen LogP contribution in [-0.4, -0.2) is 53.6 Å². The number of anilines is 2. The van der Waals surface area contributed by atoms with Crippen LogP contribution >= 0.6 is 0 Å². The molecule has 0 aliphatic carbocycles. The van der Waals surface area contributed by atoms with E-state index in [9.17, 15) is 0 Å². The van der Waals surface area contributed by atoms with Gasteiger partial charge in [-0.2, -0.15) is 4.98 Å². The average Bonchev–Trinajstić information content (AvgIpc) is 2.92. The largest absolute Gasteiger partial charge is 0.356 e. The maximum atomic E-state index is 4.82. The minimum atomic E-state index is 0.462. The summed E-state index contributed by atoms with van der Waals surface area (Å²) in [5, 5.41) is 3.60. The number of rotatable bonds is 8. The summed E-state index contributed by atoms with van der Waals surface area (Å²) in [6, 6.07) is 2.52. The lowest BCUT2D eigenvalue weighted by molar-refractivity contribution is 0.279. The van der Waals surface area contributed by atoms with E-state index in [1.165, 1.54) is 63.6 Å². The Bertz CT molecular complexity index is 617. The fourth-order valence-electron chi connectivity index (χ4n) is 4.38. The van der Waals surface area contributed by atoms with E-state index in [0.717, 1.165) is 37.3 Å². The molecule has 0 radical (unpaired) electrons. The zero-order valence-electron chi connectivity index (χ0n) is 18.2. The molecule has 1 aromatic rings. The van der Waals surface area contributed by atoms with Crippen LogP contribution in [0.5, 0.6) is 0 Å². The lowest BCUT2D eigenvalue weighted by atomic mass is 10.0. The SMILES string of the molecule is CC(C)=CCCC(C)CN1CCC(Nc2nccc(N3CCCCCC3)n2)C1. The minimum absolute atomic E-state index is 0.462. The topological polar surface area (TPSA) is 44.3 Å². The Morgan fingerprint density at radius 1 is 1.21 bits per heavy atom. The minimum Gasteiger partial charge on any atom is -0.356 e. The van der Waals surface area contributed by atoms with Crippen molar-refractivity contribution in [1.29, 1.82) is 0 Å². The average molecular weight is 386 g/mol. The van der Waals surface area contributed by atoms with Crippen molar-refractivity contribution in [2.24, 2.45) is 5.92 Å². The van der Waals surface area contributed by atoms with Crippen molar-refractivity contribution in [3.8, 4) is 0 Å². The molecule has 1 aromatic heterocycles. The van der Waals surface area contributed by atoms with Crippen molar-refractivity contribution < 1.29 is 0 Å². The van der Waals surface area contributed by atoms with Gasteiger partial charge in [0.2, 0.25) is 5.95 Å². The van der Waals surface area contributed by atoms with E-state index in [-0.39, 0.29) is 0 Å². The zero-order chi connectivity index (χ0) is 19.8. The first-order valence-electron chi connectivity index (χ1n) is 11.3. The van der Waals surface area contributed by atoms with Crippen molar-refractivity contribution in [2.45, 2.75) is 71.8 Å². The third kappa shape index (κ3) is 6.77. The van der Waals surface area contributed by atoms with Crippen molar-refractivity contribution in [2.75, 3.05) is 42.9 Å². The Balaban J connectivity index is 1.46. The van der Waals surface area contributed by atoms with Gasteiger partial charge >= 0.3 is 0 Å². The maximum Gasteiger partial charge on any atom is 0.224 e. The van der Waals surface area contributed by atoms with Crippen molar-refractivity contribution in [3.05, 3.63) is 23.9 Å². The highest BCUT2D eigenvalue weighted by Crippen LogP contribution is 2.20. The van der Waals surface area contributed by atoms with Crippen LogP contribution in [-0.2, 0) is 0 Å². The number of hydrogen-bond donors (Lipinski definition) is 1. The van der Waals surface area contributed by atoms with E-state index in [1.54, 1.807) is 0 Å². The summed E-state index contributed by atoms with van der Waals surface area (Å²) in [4.78, 5) is 14.3. The second-order valence-corrected chi connectivity index (χ2v) is 8.99. The first kappa shape index (κ1) is 21.1. The first-order valence-corrected chi connectivity index (χ1v) is 11.3. The van der Waals surface area contributed by atoms with E-state index >= 15 is 0 Å². The van der Waals surface area contributed by atoms with Crippen LogP contribution in [0.25, 0.3) is 0 Å². The Labute approximate surface area is 171 Å². The monoisotopic (exact) mass is 385 g/mol. The predicted molar refractivity (Wildman–Crippen MR) is 119 cm³/mol. The second-order valence-electron chi connectivity index (χ2n) is 8.99. The van der Waals surface area contributed by atoms with Gasteiger partial charge < -0.3 is 15.1 Å². The lowest BCUT2D eigenvalue weighted by Crippen LogP contribution is -2.30. The van der Waals surface area contributed by atoms with Crippen LogP contribution in [0.1, 0.15) is 65.7 Å². The normalized spacial score (nSPS) is 22.0. The fourth-order valence-corrected chi connectivity index (χ4v) is 4.38. The van der Waals surface area contributed by atoms with E-state index in [1.807, 2.05) is 6.20 Å². The molecule has 0 aromatic carbocycles. The molecular formula is C23H39N5. The molecular weight excluding hydrogens is 346 g/mol. The van der Waals surface area contributed by atoms with Gasteiger partial charge in [0, 0.05) is 45.0 Å². The van der Waals surface area contributed by atoms with E-state index in [4.69, 9.17) is 4.98 Å². The molecule has 2 aliphatic heterocycles. The molecule has 5 heteroatoms. The van der Waals surface area contributed by atoms with E-state index in [0.29, 0.717) is 6.04 Å². The molecule has 3 heterocycles. The zero-order valence-corrected chi connectivity index (χ0v) is 18.2. The van der Waals surface area contributed by atoms with E-state index in [2.05, 4.69) is 53.0 Å². The third-order valence-electron chi connectivity index (χ3n) is 5.96. The Kier molecular flexibility index (Phi) is 8.13. The molecule has 5 nitrogen and oxygen atoms in total. The number of hydrogen-bond acceptors (Lipinski definition) is 5. The van der Waals surface area contributed by atoms with Gasteiger partial charge in [0.1, 0.15) is 5.82 Å². The summed E-state index contributed by atoms with van der Waals surface area (Å²) >= 11 is 0. The summed E-state index contributed by atoms with van der Waals surface area (Å²) in [7, 11) is 0. The molecule has 0 bridgehead atoms. The fraction of sp³-hybridized carbons (Fsp3) is 0.739. The van der Waals surface area contributed by atoms with Crippen LogP contribution in [0, 0.1) is 5.92 Å². The Morgan fingerprint density at radius 2 is 2.00 bits per heavy atom. The summed E-state index contributed by atoms with van der Waals surface area (Å²) in [5.41, 5.74) is 1.43. The Morgan fingerprint density at radius 3 is 2.75 bits per heavy atom. The molecule has 28 heavy (non-hydrogen) atoms. The molecule has 2 aliphatic rings. The molecule has 3 rings (SSSR count). The highest BCUT2D eigenvalue weighted by Gasteiger charge is 2.24. The number of likely N-dealkylation sites (tertiary alicyclic amines) is 1. The van der Waals surface area contributed by atoms with Crippen molar-refractivity contribution in [1.82, 2.24) is 14.9 Å². The van der Waals surface area contributed by atoms with Crippen LogP contribution in [0.4, 0.5) is 11.8 Å². The van der Waals surface area contributed by atoms with Gasteiger partial charge in [0.25, 0.3) is 0 Å². The van der Waals surface area contributed by atoms with Gasteiger partial charge in [-0.05, 0) is 57.9 Å². The molecule has 0 amide bonds. The first-order chi connectivity index (χ1) is 13.6. The highest BCUT2D eigenvalue weighted by molar-refractivity contribution is 5.43. The smallest absolute Gasteiger partial charge is 0.224 e. The maximum absolute atomic E-state index is 4.82. The van der Waals surface area contributed by atoms with Crippen LogP contribution in [0.2, 0.25) is 0 Å². The molecule has 0 spiro atoms. The number of aromatic nitrogens is 2. The quantitative estimate of drug-likeness (QED) is 0.656. The summed E-state index contributed by atoms with van der Waals surface area (Å²) in [5.74, 6) is 2.63. The van der Waals surface area contributed by atoms with Crippen molar-refractivity contribution in [3.63, 3.8) is 0 Å². The third-order valence-corrected chi connectivity index (χ3v) is 5.96. The molecule has 2 unspecified atom stereocenters. The van der Waals surface area contributed by atoms with Gasteiger partial charge in [0.05, 0.1) is 0 Å². The van der Waals surface area contributed by atoms with Crippen LogP contribution in [0.15, 0.2) is 23.9 Å². The molecule has 2 saturated heterocycles. The van der Waals surface area contributed by atoms with Crippen molar-refractivity contribution >= 4 is 11.8 Å². The molecule has 156 valence electrons. The molecule has 1 N–H and O–H groups in total. The van der Waals surface area contributed by atoms with Crippen LogP contribution < -0.4 is 10.2 Å². The molecule has 0 saturated carbocycles. The Hall–Kier alpha value is -1.62. The van der Waals surface area contributed by atoms with Gasteiger partial charge in [-0.1, -0.05) is 31.4 Å². The van der Waals surface area contributed by atoms with Crippen LogP contribution in [0.3, 0.4) is 0 Å². The number of nitrogens with one attached hydrogen (secondary N) is 1. The summed E-state index contributed by atoms with van der Waals surface area (Å²) in [6.45, 7) is 12.5. The lowest BCUT2D eigenvalue weighted by Gasteiger charge is -2.22. The van der Waals surface area contributed by atoms with Gasteiger partial charge in [-0.15, -0.1) is 0 Å². The standard InChI is InChI=1S/C23H39N5/c1-19(2)9-8-10-20(3)17-27-16-12-21(18-27)25-23-24-13-11-22(26-23)28-14-6-4-5-7-15-28/h9,11,13,20-21H,4-8,10,12,14-18H2,1-3H3,(H,24,25,26). The van der Waals surface area contributed by atoms with Gasteiger partial charge in [0.15, 0.2) is 0 Å². The number of allylic oxidation sites excluding steroid dienone is 2. The summed E-state index contributed by atoms with van der Waals surface area (Å²) < 4.78 is 0. The molecule has 2 fully saturated rings. The second kappa shape index (κ2) is 10.8.